The minimum absolute atomic E-state index is 0.176. The third kappa shape index (κ3) is 2.50. The number of carboxylic acids is 1. The summed E-state index contributed by atoms with van der Waals surface area (Å²) in [6.45, 7) is 2.19. The van der Waals surface area contributed by atoms with Crippen LogP contribution in [0.5, 0.6) is 0 Å². The first-order chi connectivity index (χ1) is 7.47. The van der Waals surface area contributed by atoms with Gasteiger partial charge < -0.3 is 15.7 Å². The Balaban J connectivity index is 2.69. The fourth-order valence-electron chi connectivity index (χ4n) is 2.05. The highest BCUT2D eigenvalue weighted by Gasteiger charge is 2.38. The summed E-state index contributed by atoms with van der Waals surface area (Å²) in [7, 11) is 0. The molecule has 0 saturated carbocycles. The van der Waals surface area contributed by atoms with Crippen LogP contribution in [0.25, 0.3) is 0 Å². The van der Waals surface area contributed by atoms with E-state index >= 15 is 0 Å². The monoisotopic (exact) mass is 228 g/mol. The van der Waals surface area contributed by atoms with Gasteiger partial charge in [0.2, 0.25) is 11.8 Å². The molecule has 0 radical (unpaired) electrons. The fraction of sp³-hybridized carbons (Fsp3) is 0.700. The Morgan fingerprint density at radius 3 is 2.69 bits per heavy atom. The number of rotatable bonds is 5. The fourth-order valence-corrected chi connectivity index (χ4v) is 2.05. The molecule has 2 amide bonds. The second kappa shape index (κ2) is 4.96. The molecule has 1 saturated heterocycles. The van der Waals surface area contributed by atoms with Crippen molar-refractivity contribution in [1.82, 2.24) is 4.90 Å². The Morgan fingerprint density at radius 1 is 1.62 bits per heavy atom. The molecule has 0 bridgehead atoms. The number of carbonyl (C=O) groups excluding carboxylic acids is 2. The first kappa shape index (κ1) is 12.5. The van der Waals surface area contributed by atoms with Crippen LogP contribution in [-0.2, 0) is 14.4 Å². The normalized spacial score (nSPS) is 22.2. The van der Waals surface area contributed by atoms with Crippen LogP contribution in [0.1, 0.15) is 26.2 Å². The van der Waals surface area contributed by atoms with E-state index in [4.69, 9.17) is 10.8 Å². The molecule has 1 rings (SSSR count). The lowest BCUT2D eigenvalue weighted by Crippen LogP contribution is -2.45. The van der Waals surface area contributed by atoms with Gasteiger partial charge in [-0.15, -0.1) is 0 Å². The molecule has 1 heterocycles. The topological polar surface area (TPSA) is 101 Å². The summed E-state index contributed by atoms with van der Waals surface area (Å²) in [4.78, 5) is 34.8. The molecule has 1 fully saturated rings. The Hall–Kier alpha value is -1.59. The van der Waals surface area contributed by atoms with Crippen molar-refractivity contribution in [2.24, 2.45) is 11.7 Å². The molecule has 2 unspecified atom stereocenters. The maximum atomic E-state index is 11.8. The van der Waals surface area contributed by atoms with Gasteiger partial charge in [-0.3, -0.25) is 14.4 Å². The molecule has 6 heteroatoms. The molecular weight excluding hydrogens is 212 g/mol. The van der Waals surface area contributed by atoms with Crippen molar-refractivity contribution < 1.29 is 19.5 Å². The Morgan fingerprint density at radius 2 is 2.25 bits per heavy atom. The minimum Gasteiger partial charge on any atom is -0.481 e. The molecule has 2 atom stereocenters. The minimum atomic E-state index is -0.993. The predicted molar refractivity (Wildman–Crippen MR) is 55.3 cm³/mol. The van der Waals surface area contributed by atoms with Gasteiger partial charge >= 0.3 is 5.97 Å². The first-order valence-electron chi connectivity index (χ1n) is 5.29. The van der Waals surface area contributed by atoms with E-state index in [9.17, 15) is 14.4 Å². The quantitative estimate of drug-likeness (QED) is 0.666. The van der Waals surface area contributed by atoms with Crippen molar-refractivity contribution >= 4 is 17.8 Å². The summed E-state index contributed by atoms with van der Waals surface area (Å²) >= 11 is 0. The van der Waals surface area contributed by atoms with Crippen LogP contribution in [0.4, 0.5) is 0 Å². The number of nitrogens with zero attached hydrogens (tertiary/aromatic N) is 1. The summed E-state index contributed by atoms with van der Waals surface area (Å²) in [6.07, 6.45) is 0.764. The van der Waals surface area contributed by atoms with Crippen LogP contribution in [0, 0.1) is 5.92 Å². The van der Waals surface area contributed by atoms with Gasteiger partial charge in [-0.05, 0) is 12.8 Å². The third-order valence-corrected chi connectivity index (χ3v) is 2.86. The van der Waals surface area contributed by atoms with Crippen molar-refractivity contribution in [3.63, 3.8) is 0 Å². The number of likely N-dealkylation sites (tertiary alicyclic amines) is 1. The average Bonchev–Trinajstić information content (AvgIpc) is 2.50. The van der Waals surface area contributed by atoms with Gasteiger partial charge in [-0.2, -0.15) is 0 Å². The predicted octanol–water partition coefficient (Wildman–Crippen LogP) is -0.426. The van der Waals surface area contributed by atoms with Crippen molar-refractivity contribution in [2.75, 3.05) is 6.54 Å². The molecule has 90 valence electrons. The van der Waals surface area contributed by atoms with E-state index in [1.807, 2.05) is 0 Å². The van der Waals surface area contributed by atoms with E-state index in [2.05, 4.69) is 0 Å². The van der Waals surface area contributed by atoms with Crippen LogP contribution in [-0.4, -0.2) is 40.4 Å². The van der Waals surface area contributed by atoms with E-state index < -0.39 is 23.8 Å². The number of nitrogens with two attached hydrogens (primary N) is 1. The Bertz CT molecular complexity index is 316. The van der Waals surface area contributed by atoms with Crippen molar-refractivity contribution in [3.05, 3.63) is 0 Å². The molecular formula is C10H16N2O4. The van der Waals surface area contributed by atoms with Gasteiger partial charge in [-0.1, -0.05) is 6.92 Å². The number of primary amides is 1. The summed E-state index contributed by atoms with van der Waals surface area (Å²) in [6, 6.07) is -0.605. The number of aliphatic carboxylic acids is 1. The summed E-state index contributed by atoms with van der Waals surface area (Å²) in [5.41, 5.74) is 5.19. The highest BCUT2D eigenvalue weighted by molar-refractivity contribution is 5.90. The van der Waals surface area contributed by atoms with Crippen LogP contribution in [0.2, 0.25) is 0 Å². The second-order valence-corrected chi connectivity index (χ2v) is 3.94. The molecule has 1 aliphatic rings. The van der Waals surface area contributed by atoms with Gasteiger partial charge in [0.25, 0.3) is 0 Å². The molecule has 3 N–H and O–H groups in total. The lowest BCUT2D eigenvalue weighted by Gasteiger charge is -2.24. The molecule has 1 aliphatic heterocycles. The number of carbonyl (C=O) groups is 3. The van der Waals surface area contributed by atoms with Crippen LogP contribution in [0.15, 0.2) is 0 Å². The zero-order valence-corrected chi connectivity index (χ0v) is 9.18. The lowest BCUT2D eigenvalue weighted by atomic mass is 10.0. The summed E-state index contributed by atoms with van der Waals surface area (Å²) < 4.78 is 0. The summed E-state index contributed by atoms with van der Waals surface area (Å²) in [5, 5.41) is 8.62. The van der Waals surface area contributed by atoms with Crippen molar-refractivity contribution in [2.45, 2.75) is 32.2 Å². The van der Waals surface area contributed by atoms with Crippen LogP contribution >= 0.6 is 0 Å². The number of hydrogen-bond acceptors (Lipinski definition) is 3. The van der Waals surface area contributed by atoms with E-state index in [0.29, 0.717) is 19.4 Å². The molecule has 16 heavy (non-hydrogen) atoms. The molecule has 6 nitrogen and oxygen atoms in total. The van der Waals surface area contributed by atoms with Crippen LogP contribution in [0.3, 0.4) is 0 Å². The zero-order chi connectivity index (χ0) is 12.3. The Labute approximate surface area is 93.4 Å². The smallest absolute Gasteiger partial charge is 0.304 e. The lowest BCUT2D eigenvalue weighted by molar-refractivity contribution is -0.143. The molecule has 0 spiro atoms. The average molecular weight is 228 g/mol. The SMILES string of the molecule is CCC(C(N)=O)N1CCC(CC(=O)O)C1=O. The molecule has 0 aromatic heterocycles. The van der Waals surface area contributed by atoms with E-state index in [0.717, 1.165) is 0 Å². The number of amides is 2. The first-order valence-corrected chi connectivity index (χ1v) is 5.29. The van der Waals surface area contributed by atoms with E-state index in [-0.39, 0.29) is 12.3 Å². The maximum Gasteiger partial charge on any atom is 0.304 e. The Kier molecular flexibility index (Phi) is 3.87. The maximum absolute atomic E-state index is 11.8. The van der Waals surface area contributed by atoms with Crippen molar-refractivity contribution in [3.8, 4) is 0 Å². The van der Waals surface area contributed by atoms with Gasteiger partial charge in [0.15, 0.2) is 0 Å². The van der Waals surface area contributed by atoms with Crippen LogP contribution < -0.4 is 5.73 Å². The zero-order valence-electron chi connectivity index (χ0n) is 9.18. The largest absolute Gasteiger partial charge is 0.481 e. The van der Waals surface area contributed by atoms with Gasteiger partial charge in [-0.25, -0.2) is 0 Å². The molecule has 0 aromatic rings. The van der Waals surface area contributed by atoms with E-state index in [1.165, 1.54) is 4.90 Å². The highest BCUT2D eigenvalue weighted by Crippen LogP contribution is 2.24. The van der Waals surface area contributed by atoms with Crippen molar-refractivity contribution in [1.29, 1.82) is 0 Å². The molecule has 0 aliphatic carbocycles. The van der Waals surface area contributed by atoms with E-state index in [1.54, 1.807) is 6.92 Å². The van der Waals surface area contributed by atoms with Gasteiger partial charge in [0.1, 0.15) is 6.04 Å². The van der Waals surface area contributed by atoms with Gasteiger partial charge in [0, 0.05) is 6.54 Å². The number of hydrogen-bond donors (Lipinski definition) is 2. The molecule has 0 aromatic carbocycles. The third-order valence-electron chi connectivity index (χ3n) is 2.86. The second-order valence-electron chi connectivity index (χ2n) is 3.94. The standard InChI is InChI=1S/C10H16N2O4/c1-2-7(9(11)15)12-4-3-6(10(12)16)5-8(13)14/h6-7H,2-5H2,1H3,(H2,11,15)(H,13,14). The summed E-state index contributed by atoms with van der Waals surface area (Å²) in [5.74, 6) is -2.31. The highest BCUT2D eigenvalue weighted by atomic mass is 16.4. The number of carboxylic acid groups (broad SMARTS) is 1. The van der Waals surface area contributed by atoms with Gasteiger partial charge in [0.05, 0.1) is 12.3 Å².